The third kappa shape index (κ3) is 4.28. The third-order valence-electron chi connectivity index (χ3n) is 2.02. The maximum atomic E-state index is 11.7. The number of amides is 1. The minimum Gasteiger partial charge on any atom is -0.393 e. The number of halogens is 1. The summed E-state index contributed by atoms with van der Waals surface area (Å²) in [4.78, 5) is 13.7. The standard InChI is InChI=1S/C9H13BrN4OS/c1-13(3-2-8(11)16)9(15)6-14-5-7(10)4-12-14/h4-5H,2-3,6H2,1H3,(H2,11,16). The molecule has 5 nitrogen and oxygen atoms in total. The lowest BCUT2D eigenvalue weighted by Gasteiger charge is -2.16. The van der Waals surface area contributed by atoms with Crippen LogP contribution in [-0.4, -0.2) is 39.2 Å². The van der Waals surface area contributed by atoms with E-state index in [1.807, 2.05) is 0 Å². The van der Waals surface area contributed by atoms with E-state index >= 15 is 0 Å². The smallest absolute Gasteiger partial charge is 0.244 e. The van der Waals surface area contributed by atoms with E-state index < -0.39 is 0 Å². The zero-order valence-electron chi connectivity index (χ0n) is 8.89. The van der Waals surface area contributed by atoms with Gasteiger partial charge >= 0.3 is 0 Å². The number of aromatic nitrogens is 2. The highest BCUT2D eigenvalue weighted by Gasteiger charge is 2.10. The van der Waals surface area contributed by atoms with Crippen LogP contribution < -0.4 is 5.73 Å². The lowest BCUT2D eigenvalue weighted by atomic mass is 10.4. The second-order valence-electron chi connectivity index (χ2n) is 3.39. The first kappa shape index (κ1) is 13.1. The maximum absolute atomic E-state index is 11.7. The van der Waals surface area contributed by atoms with Crippen LogP contribution in [0.15, 0.2) is 16.9 Å². The minimum absolute atomic E-state index is 0.0214. The van der Waals surface area contributed by atoms with Crippen molar-refractivity contribution in [3.8, 4) is 0 Å². The number of nitrogens with zero attached hydrogens (tertiary/aromatic N) is 3. The Morgan fingerprint density at radius 2 is 2.44 bits per heavy atom. The molecule has 0 fully saturated rings. The molecule has 0 saturated heterocycles. The van der Waals surface area contributed by atoms with Gasteiger partial charge in [0.1, 0.15) is 6.54 Å². The van der Waals surface area contributed by atoms with E-state index in [1.54, 1.807) is 29.0 Å². The summed E-state index contributed by atoms with van der Waals surface area (Å²) in [5.41, 5.74) is 5.37. The summed E-state index contributed by atoms with van der Waals surface area (Å²) in [6, 6.07) is 0. The Hall–Kier alpha value is -0.950. The quantitative estimate of drug-likeness (QED) is 0.817. The number of likely N-dealkylation sites (N-methyl/N-ethyl adjacent to an activating group) is 1. The number of carbonyl (C=O) groups is 1. The molecule has 0 aliphatic heterocycles. The van der Waals surface area contributed by atoms with E-state index in [2.05, 4.69) is 21.0 Å². The van der Waals surface area contributed by atoms with Crippen LogP contribution >= 0.6 is 28.1 Å². The van der Waals surface area contributed by atoms with E-state index in [9.17, 15) is 4.79 Å². The monoisotopic (exact) mass is 304 g/mol. The second kappa shape index (κ2) is 5.95. The van der Waals surface area contributed by atoms with E-state index in [0.717, 1.165) is 4.47 Å². The first-order valence-electron chi connectivity index (χ1n) is 4.69. The zero-order valence-corrected chi connectivity index (χ0v) is 11.3. The van der Waals surface area contributed by atoms with Gasteiger partial charge in [0.05, 0.1) is 15.7 Å². The topological polar surface area (TPSA) is 64.2 Å². The van der Waals surface area contributed by atoms with Crippen molar-refractivity contribution in [2.24, 2.45) is 5.73 Å². The van der Waals surface area contributed by atoms with Gasteiger partial charge in [0.2, 0.25) is 5.91 Å². The molecule has 16 heavy (non-hydrogen) atoms. The normalized spacial score (nSPS) is 10.1. The van der Waals surface area contributed by atoms with Crippen LogP contribution in [0.25, 0.3) is 0 Å². The molecule has 0 spiro atoms. The molecule has 0 saturated carbocycles. The number of hydrogen-bond donors (Lipinski definition) is 1. The summed E-state index contributed by atoms with van der Waals surface area (Å²) in [6.45, 7) is 0.760. The molecule has 1 aromatic heterocycles. The van der Waals surface area contributed by atoms with Gasteiger partial charge in [0, 0.05) is 26.2 Å². The van der Waals surface area contributed by atoms with Gasteiger partial charge < -0.3 is 10.6 Å². The van der Waals surface area contributed by atoms with Crippen molar-refractivity contribution in [3.63, 3.8) is 0 Å². The highest BCUT2D eigenvalue weighted by atomic mass is 79.9. The van der Waals surface area contributed by atoms with Gasteiger partial charge in [-0.25, -0.2) is 0 Å². The molecule has 7 heteroatoms. The summed E-state index contributed by atoms with van der Waals surface area (Å²) in [6.07, 6.45) is 3.93. The summed E-state index contributed by atoms with van der Waals surface area (Å²) >= 11 is 8.02. The fraction of sp³-hybridized carbons (Fsp3) is 0.444. The first-order valence-corrected chi connectivity index (χ1v) is 5.89. The van der Waals surface area contributed by atoms with Crippen molar-refractivity contribution in [2.45, 2.75) is 13.0 Å². The van der Waals surface area contributed by atoms with Crippen molar-refractivity contribution in [1.29, 1.82) is 0 Å². The third-order valence-corrected chi connectivity index (χ3v) is 2.63. The van der Waals surface area contributed by atoms with Crippen LogP contribution in [-0.2, 0) is 11.3 Å². The Kier molecular flexibility index (Phi) is 4.88. The predicted molar refractivity (Wildman–Crippen MR) is 69.0 cm³/mol. The number of thiocarbonyl (C=S) groups is 1. The molecular formula is C9H13BrN4OS. The van der Waals surface area contributed by atoms with E-state index in [0.29, 0.717) is 18.0 Å². The Morgan fingerprint density at radius 3 is 2.94 bits per heavy atom. The second-order valence-corrected chi connectivity index (χ2v) is 4.83. The predicted octanol–water partition coefficient (Wildman–Crippen LogP) is 0.780. The van der Waals surface area contributed by atoms with Gasteiger partial charge in [0.25, 0.3) is 0 Å². The Balaban J connectivity index is 2.42. The van der Waals surface area contributed by atoms with Gasteiger partial charge in [-0.1, -0.05) is 12.2 Å². The fourth-order valence-corrected chi connectivity index (χ4v) is 1.51. The van der Waals surface area contributed by atoms with E-state index in [4.69, 9.17) is 18.0 Å². The molecule has 0 aliphatic rings. The molecule has 88 valence electrons. The molecule has 0 unspecified atom stereocenters. The SMILES string of the molecule is CN(CCC(N)=S)C(=O)Cn1cc(Br)cn1. The van der Waals surface area contributed by atoms with Crippen molar-refractivity contribution in [3.05, 3.63) is 16.9 Å². The fourth-order valence-electron chi connectivity index (χ4n) is 1.09. The van der Waals surface area contributed by atoms with Crippen LogP contribution in [0.5, 0.6) is 0 Å². The molecular weight excluding hydrogens is 292 g/mol. The summed E-state index contributed by atoms with van der Waals surface area (Å²) in [5, 5.41) is 4.01. The number of hydrogen-bond acceptors (Lipinski definition) is 3. The molecule has 1 heterocycles. The molecule has 1 aromatic rings. The minimum atomic E-state index is -0.0214. The number of carbonyl (C=O) groups excluding carboxylic acids is 1. The van der Waals surface area contributed by atoms with Crippen molar-refractivity contribution >= 4 is 39.0 Å². The molecule has 0 bridgehead atoms. The van der Waals surface area contributed by atoms with Gasteiger partial charge in [-0.2, -0.15) is 5.10 Å². The molecule has 0 atom stereocenters. The molecule has 2 N–H and O–H groups in total. The van der Waals surface area contributed by atoms with Crippen molar-refractivity contribution in [1.82, 2.24) is 14.7 Å². The largest absolute Gasteiger partial charge is 0.393 e. The van der Waals surface area contributed by atoms with Gasteiger partial charge in [-0.15, -0.1) is 0 Å². The first-order chi connectivity index (χ1) is 7.49. The van der Waals surface area contributed by atoms with Crippen LogP contribution in [0, 0.1) is 0 Å². The van der Waals surface area contributed by atoms with Gasteiger partial charge in [0.15, 0.2) is 0 Å². The summed E-state index contributed by atoms with van der Waals surface area (Å²) in [5.74, 6) is -0.0214. The highest BCUT2D eigenvalue weighted by molar-refractivity contribution is 9.10. The Morgan fingerprint density at radius 1 is 1.75 bits per heavy atom. The maximum Gasteiger partial charge on any atom is 0.244 e. The summed E-state index contributed by atoms with van der Waals surface area (Å²) < 4.78 is 2.43. The lowest BCUT2D eigenvalue weighted by Crippen LogP contribution is -2.32. The molecule has 0 radical (unpaired) electrons. The van der Waals surface area contributed by atoms with Crippen molar-refractivity contribution < 1.29 is 4.79 Å². The molecule has 0 aliphatic carbocycles. The van der Waals surface area contributed by atoms with Crippen LogP contribution in [0.4, 0.5) is 0 Å². The van der Waals surface area contributed by atoms with Crippen LogP contribution in [0.1, 0.15) is 6.42 Å². The number of rotatable bonds is 5. The molecule has 1 rings (SSSR count). The summed E-state index contributed by atoms with van der Waals surface area (Å²) in [7, 11) is 1.72. The average Bonchev–Trinajstić information content (AvgIpc) is 2.60. The van der Waals surface area contributed by atoms with E-state index in [-0.39, 0.29) is 12.5 Å². The Bertz CT molecular complexity index is 393. The lowest BCUT2D eigenvalue weighted by molar-refractivity contribution is -0.130. The Labute approximate surface area is 108 Å². The zero-order chi connectivity index (χ0) is 12.1. The highest BCUT2D eigenvalue weighted by Crippen LogP contribution is 2.06. The van der Waals surface area contributed by atoms with E-state index in [1.165, 1.54) is 0 Å². The van der Waals surface area contributed by atoms with Gasteiger partial charge in [-0.3, -0.25) is 9.48 Å². The number of nitrogens with two attached hydrogens (primary N) is 1. The van der Waals surface area contributed by atoms with Crippen LogP contribution in [0.3, 0.4) is 0 Å². The van der Waals surface area contributed by atoms with Crippen molar-refractivity contribution in [2.75, 3.05) is 13.6 Å². The molecule has 1 amide bonds. The van der Waals surface area contributed by atoms with Crippen LogP contribution in [0.2, 0.25) is 0 Å². The van der Waals surface area contributed by atoms with Gasteiger partial charge in [-0.05, 0) is 15.9 Å². The molecule has 0 aromatic carbocycles. The average molecular weight is 305 g/mol.